The lowest BCUT2D eigenvalue weighted by atomic mass is 10.4. The Morgan fingerprint density at radius 2 is 2.05 bits per heavy atom. The number of aromatic carboxylic acids is 1. The van der Waals surface area contributed by atoms with Crippen LogP contribution in [0.4, 0.5) is 0 Å². The van der Waals surface area contributed by atoms with Gasteiger partial charge in [-0.2, -0.15) is 8.42 Å². The Labute approximate surface area is 116 Å². The molecule has 2 rings (SSSR count). The summed E-state index contributed by atoms with van der Waals surface area (Å²) in [6, 6.07) is 0.889. The second-order valence-corrected chi connectivity index (χ2v) is 8.66. The minimum Gasteiger partial charge on any atom is -0.475 e. The quantitative estimate of drug-likeness (QED) is 0.805. The first-order valence-corrected chi connectivity index (χ1v) is 9.06. The van der Waals surface area contributed by atoms with Gasteiger partial charge < -0.3 is 14.8 Å². The van der Waals surface area contributed by atoms with E-state index in [-0.39, 0.29) is 22.2 Å². The minimum absolute atomic E-state index is 0.0805. The van der Waals surface area contributed by atoms with Crippen molar-refractivity contribution < 1.29 is 26.9 Å². The first kappa shape index (κ1) is 15.0. The van der Waals surface area contributed by atoms with Crippen LogP contribution in [0.15, 0.2) is 19.1 Å². The van der Waals surface area contributed by atoms with Crippen molar-refractivity contribution in [3.8, 4) is 0 Å². The van der Waals surface area contributed by atoms with E-state index in [1.54, 1.807) is 0 Å². The molecule has 0 aromatic carbocycles. The summed E-state index contributed by atoms with van der Waals surface area (Å²) in [5, 5.41) is 11.7. The summed E-state index contributed by atoms with van der Waals surface area (Å²) in [7, 11) is -7.04. The number of furan rings is 1. The van der Waals surface area contributed by atoms with Gasteiger partial charge in [-0.3, -0.25) is 0 Å². The van der Waals surface area contributed by atoms with Crippen LogP contribution in [-0.4, -0.2) is 48.3 Å². The number of aryl methyl sites for hydroxylation is 1. The average Bonchev–Trinajstić information content (AvgIpc) is 2.72. The van der Waals surface area contributed by atoms with E-state index >= 15 is 0 Å². The van der Waals surface area contributed by atoms with E-state index in [0.29, 0.717) is 13.1 Å². The largest absolute Gasteiger partial charge is 0.475 e. The number of carbonyl (C=O) groups is 1. The van der Waals surface area contributed by atoms with E-state index in [0.717, 1.165) is 6.07 Å². The van der Waals surface area contributed by atoms with Crippen molar-refractivity contribution >= 4 is 25.7 Å². The molecule has 0 aliphatic carbocycles. The monoisotopic (exact) mass is 322 g/mol. The average molecular weight is 322 g/mol. The van der Waals surface area contributed by atoms with Gasteiger partial charge in [-0.1, -0.05) is 0 Å². The lowest BCUT2D eigenvalue weighted by Crippen LogP contribution is -2.36. The molecular weight excluding hydrogens is 308 g/mol. The highest BCUT2D eigenvalue weighted by atomic mass is 32.3. The van der Waals surface area contributed by atoms with Crippen LogP contribution in [-0.2, 0) is 19.8 Å². The van der Waals surface area contributed by atoms with Crippen LogP contribution >= 0.6 is 0 Å². The Balaban J connectivity index is 2.48. The van der Waals surface area contributed by atoms with E-state index in [1.807, 2.05) is 0 Å². The van der Waals surface area contributed by atoms with Gasteiger partial charge in [-0.15, -0.1) is 3.77 Å². The van der Waals surface area contributed by atoms with Crippen LogP contribution in [0.2, 0.25) is 0 Å². The molecule has 0 amide bonds. The number of hydrogen-bond donors (Lipinski definition) is 2. The summed E-state index contributed by atoms with van der Waals surface area (Å²) < 4.78 is 45.0. The van der Waals surface area contributed by atoms with Crippen molar-refractivity contribution in [3.63, 3.8) is 0 Å². The van der Waals surface area contributed by atoms with Crippen LogP contribution in [0.1, 0.15) is 16.3 Å². The fraction of sp³-hybridized carbons (Fsp3) is 0.500. The first-order valence-electron chi connectivity index (χ1n) is 5.77. The molecule has 1 aromatic heterocycles. The molecule has 1 aliphatic rings. The fourth-order valence-corrected chi connectivity index (χ4v) is 5.95. The van der Waals surface area contributed by atoms with Gasteiger partial charge in [0, 0.05) is 30.7 Å². The van der Waals surface area contributed by atoms with Gasteiger partial charge in [-0.05, 0) is 6.92 Å². The van der Waals surface area contributed by atoms with E-state index < -0.39 is 31.5 Å². The molecular formula is C10H14N2O6S2. The Morgan fingerprint density at radius 3 is 2.55 bits per heavy atom. The predicted octanol–water partition coefficient (Wildman–Crippen LogP) is 0.0461. The molecule has 0 spiro atoms. The number of carboxylic acid groups (broad SMARTS) is 1. The standard InChI is InChI=1S/C10H14N2O6S2/c1-7-9(6-8(18-7)10(13)14)20(16,17)12-19(15)4-2-11-3-5-19/h6,11H,2-5H2,1H3,(H,13,14). The third-order valence-corrected chi connectivity index (χ3v) is 7.31. The molecule has 2 heterocycles. The van der Waals surface area contributed by atoms with Crippen LogP contribution in [0.25, 0.3) is 0 Å². The zero-order valence-corrected chi connectivity index (χ0v) is 12.3. The van der Waals surface area contributed by atoms with Crippen LogP contribution < -0.4 is 5.32 Å². The normalized spacial score (nSPS) is 18.6. The second kappa shape index (κ2) is 5.19. The highest BCUT2D eigenvalue weighted by Crippen LogP contribution is 2.23. The van der Waals surface area contributed by atoms with Gasteiger partial charge in [0.15, 0.2) is 0 Å². The van der Waals surface area contributed by atoms with Crippen molar-refractivity contribution in [1.82, 2.24) is 5.32 Å². The third-order valence-electron chi connectivity index (χ3n) is 2.79. The SMILES string of the molecule is Cc1oc(C(=O)O)cc1S(=O)(=O)N=S1(=O)CCNCC1. The number of carboxylic acids is 1. The lowest BCUT2D eigenvalue weighted by molar-refractivity contribution is 0.0661. The molecule has 2 N–H and O–H groups in total. The highest BCUT2D eigenvalue weighted by Gasteiger charge is 2.26. The zero-order valence-electron chi connectivity index (χ0n) is 10.7. The Morgan fingerprint density at radius 1 is 1.45 bits per heavy atom. The van der Waals surface area contributed by atoms with Crippen LogP contribution in [0, 0.1) is 6.92 Å². The Hall–Kier alpha value is -1.39. The summed E-state index contributed by atoms with van der Waals surface area (Å²) in [5.41, 5.74) is 0. The summed E-state index contributed by atoms with van der Waals surface area (Å²) in [6.07, 6.45) is 0. The summed E-state index contributed by atoms with van der Waals surface area (Å²) in [4.78, 5) is 10.4. The lowest BCUT2D eigenvalue weighted by Gasteiger charge is -2.16. The molecule has 10 heteroatoms. The van der Waals surface area contributed by atoms with Gasteiger partial charge in [-0.25, -0.2) is 9.00 Å². The van der Waals surface area contributed by atoms with Crippen molar-refractivity contribution in [2.24, 2.45) is 3.77 Å². The second-order valence-electron chi connectivity index (χ2n) is 4.32. The van der Waals surface area contributed by atoms with Crippen molar-refractivity contribution in [2.45, 2.75) is 11.8 Å². The number of sulfonamides is 1. The molecule has 0 atom stereocenters. The molecule has 8 nitrogen and oxygen atoms in total. The number of rotatable bonds is 3. The minimum atomic E-state index is -4.20. The molecule has 1 saturated heterocycles. The van der Waals surface area contributed by atoms with Gasteiger partial charge >= 0.3 is 5.97 Å². The van der Waals surface area contributed by atoms with E-state index in [2.05, 4.69) is 9.08 Å². The molecule has 1 aromatic rings. The molecule has 0 radical (unpaired) electrons. The van der Waals surface area contributed by atoms with E-state index in [1.165, 1.54) is 6.92 Å². The summed E-state index contributed by atoms with van der Waals surface area (Å²) in [6.45, 7) is 2.19. The predicted molar refractivity (Wildman–Crippen MR) is 70.8 cm³/mol. The molecule has 1 fully saturated rings. The van der Waals surface area contributed by atoms with E-state index in [4.69, 9.17) is 9.52 Å². The number of nitrogens with zero attached hydrogens (tertiary/aromatic N) is 1. The van der Waals surface area contributed by atoms with Crippen molar-refractivity contribution in [1.29, 1.82) is 0 Å². The number of nitrogens with one attached hydrogen (secondary N) is 1. The fourth-order valence-electron chi connectivity index (χ4n) is 1.81. The summed E-state index contributed by atoms with van der Waals surface area (Å²) in [5.74, 6) is -1.65. The van der Waals surface area contributed by atoms with Gasteiger partial charge in [0.1, 0.15) is 10.7 Å². The maximum absolute atomic E-state index is 12.3. The van der Waals surface area contributed by atoms with Gasteiger partial charge in [0.2, 0.25) is 5.76 Å². The third kappa shape index (κ3) is 3.02. The van der Waals surface area contributed by atoms with Crippen molar-refractivity contribution in [3.05, 3.63) is 17.6 Å². The van der Waals surface area contributed by atoms with Crippen LogP contribution in [0.3, 0.4) is 0 Å². The Bertz CT molecular complexity index is 743. The van der Waals surface area contributed by atoms with Crippen LogP contribution in [0.5, 0.6) is 0 Å². The van der Waals surface area contributed by atoms with Crippen molar-refractivity contribution in [2.75, 3.05) is 24.6 Å². The van der Waals surface area contributed by atoms with E-state index in [9.17, 15) is 17.4 Å². The topological polar surface area (TPSA) is 126 Å². The van der Waals surface area contributed by atoms with Gasteiger partial charge in [0.25, 0.3) is 10.0 Å². The smallest absolute Gasteiger partial charge is 0.371 e. The molecule has 112 valence electrons. The highest BCUT2D eigenvalue weighted by molar-refractivity contribution is 8.03. The summed E-state index contributed by atoms with van der Waals surface area (Å²) >= 11 is 0. The zero-order chi connectivity index (χ0) is 15.0. The molecule has 0 saturated carbocycles. The maximum Gasteiger partial charge on any atom is 0.371 e. The first-order chi connectivity index (χ1) is 9.23. The molecule has 0 bridgehead atoms. The van der Waals surface area contributed by atoms with Gasteiger partial charge in [0.05, 0.1) is 9.73 Å². The maximum atomic E-state index is 12.3. The molecule has 0 unspecified atom stereocenters. The number of hydrogen-bond acceptors (Lipinski definition) is 6. The molecule has 20 heavy (non-hydrogen) atoms. The Kier molecular flexibility index (Phi) is 3.89. The molecule has 1 aliphatic heterocycles.